The van der Waals surface area contributed by atoms with Crippen LogP contribution < -0.4 is 0 Å². The topological polar surface area (TPSA) is 57.6 Å². The predicted molar refractivity (Wildman–Crippen MR) is 79.6 cm³/mol. The van der Waals surface area contributed by atoms with Crippen molar-refractivity contribution in [2.24, 2.45) is 5.92 Å². The number of piperidine rings is 1. The van der Waals surface area contributed by atoms with Gasteiger partial charge in [-0.1, -0.05) is 29.3 Å². The fourth-order valence-corrected chi connectivity index (χ4v) is 3.06. The quantitative estimate of drug-likeness (QED) is 0.902. The molecule has 2 unspecified atom stereocenters. The number of hydrogen-bond acceptors (Lipinski definition) is 2. The number of carbonyl (C=O) groups excluding carboxylic acids is 1. The highest BCUT2D eigenvalue weighted by molar-refractivity contribution is 9.10. The van der Waals surface area contributed by atoms with Crippen LogP contribution in [-0.4, -0.2) is 34.5 Å². The highest BCUT2D eigenvalue weighted by atomic mass is 79.9. The van der Waals surface area contributed by atoms with E-state index in [1.54, 1.807) is 0 Å². The van der Waals surface area contributed by atoms with Gasteiger partial charge in [-0.2, -0.15) is 0 Å². The number of carboxylic acid groups (broad SMARTS) is 1. The minimum atomic E-state index is -1.03. The summed E-state index contributed by atoms with van der Waals surface area (Å²) in [6.07, 6.45) is 2.06. The number of amides is 1. The number of benzene rings is 1. The Hall–Kier alpha value is -1.43. The molecular formula is C15H17BrFNO3. The Bertz CT molecular complexity index is 564. The molecule has 1 aromatic rings. The highest BCUT2D eigenvalue weighted by Crippen LogP contribution is 2.28. The first-order valence-electron chi connectivity index (χ1n) is 6.92. The monoisotopic (exact) mass is 357 g/mol. The molecule has 0 bridgehead atoms. The van der Waals surface area contributed by atoms with Crippen molar-refractivity contribution in [3.05, 3.63) is 34.1 Å². The van der Waals surface area contributed by atoms with E-state index in [-0.39, 0.29) is 5.56 Å². The predicted octanol–water partition coefficient (Wildman–Crippen LogP) is 3.30. The van der Waals surface area contributed by atoms with Crippen LogP contribution in [0.4, 0.5) is 4.39 Å². The lowest BCUT2D eigenvalue weighted by Crippen LogP contribution is -2.50. The normalized spacial score (nSPS) is 22.1. The molecule has 1 amide bonds. The van der Waals surface area contributed by atoms with Crippen LogP contribution in [0.15, 0.2) is 22.7 Å². The summed E-state index contributed by atoms with van der Waals surface area (Å²) in [4.78, 5) is 25.2. The van der Waals surface area contributed by atoms with Crippen molar-refractivity contribution in [3.8, 4) is 0 Å². The van der Waals surface area contributed by atoms with Gasteiger partial charge in [0.25, 0.3) is 5.91 Å². The first kappa shape index (κ1) is 15.9. The molecule has 21 heavy (non-hydrogen) atoms. The number of nitrogens with zero attached hydrogens (tertiary/aromatic N) is 1. The molecule has 0 radical (unpaired) electrons. The van der Waals surface area contributed by atoms with E-state index in [1.807, 2.05) is 6.92 Å². The maximum atomic E-state index is 13.8. The molecule has 114 valence electrons. The highest BCUT2D eigenvalue weighted by Gasteiger charge is 2.36. The van der Waals surface area contributed by atoms with Crippen molar-refractivity contribution in [1.29, 1.82) is 0 Å². The van der Waals surface area contributed by atoms with Gasteiger partial charge in [-0.05, 0) is 37.0 Å². The minimum absolute atomic E-state index is 0.0921. The van der Waals surface area contributed by atoms with E-state index in [4.69, 9.17) is 0 Å². The van der Waals surface area contributed by atoms with Gasteiger partial charge in [0.1, 0.15) is 11.9 Å². The smallest absolute Gasteiger partial charge is 0.326 e. The maximum Gasteiger partial charge on any atom is 0.326 e. The molecular weight excluding hydrogens is 341 g/mol. The van der Waals surface area contributed by atoms with E-state index in [0.29, 0.717) is 23.4 Å². The van der Waals surface area contributed by atoms with Gasteiger partial charge in [0.05, 0.1) is 5.56 Å². The molecule has 1 fully saturated rings. The van der Waals surface area contributed by atoms with Crippen LogP contribution in [0.25, 0.3) is 0 Å². The average Bonchev–Trinajstić information content (AvgIpc) is 2.48. The summed E-state index contributed by atoms with van der Waals surface area (Å²) >= 11 is 3.20. The Morgan fingerprint density at radius 3 is 2.81 bits per heavy atom. The second kappa shape index (κ2) is 6.56. The van der Waals surface area contributed by atoms with E-state index in [1.165, 1.54) is 23.1 Å². The summed E-state index contributed by atoms with van der Waals surface area (Å²) in [6, 6.07) is 3.22. The molecule has 0 saturated carbocycles. The molecule has 0 aromatic heterocycles. The van der Waals surface area contributed by atoms with Crippen molar-refractivity contribution in [1.82, 2.24) is 4.90 Å². The van der Waals surface area contributed by atoms with Gasteiger partial charge in [-0.15, -0.1) is 0 Å². The zero-order valence-corrected chi connectivity index (χ0v) is 13.3. The first-order valence-corrected chi connectivity index (χ1v) is 7.72. The number of aliphatic carboxylic acids is 1. The van der Waals surface area contributed by atoms with E-state index in [2.05, 4.69) is 15.9 Å². The summed E-state index contributed by atoms with van der Waals surface area (Å²) in [5.41, 5.74) is -0.0921. The number of likely N-dealkylation sites (tertiary alicyclic amines) is 1. The fourth-order valence-electron chi connectivity index (χ4n) is 2.70. The third-order valence-corrected chi connectivity index (χ3v) is 4.49. The van der Waals surface area contributed by atoms with Gasteiger partial charge in [0.2, 0.25) is 0 Å². The van der Waals surface area contributed by atoms with Crippen LogP contribution in [0, 0.1) is 11.7 Å². The largest absolute Gasteiger partial charge is 0.480 e. The first-order chi connectivity index (χ1) is 9.93. The van der Waals surface area contributed by atoms with Crippen LogP contribution in [-0.2, 0) is 4.79 Å². The van der Waals surface area contributed by atoms with E-state index < -0.39 is 23.7 Å². The molecule has 4 nitrogen and oxygen atoms in total. The molecule has 2 rings (SSSR count). The number of hydrogen-bond donors (Lipinski definition) is 1. The van der Waals surface area contributed by atoms with Crippen LogP contribution >= 0.6 is 15.9 Å². The SMILES string of the molecule is CCC1CCN(C(=O)c2cc(Br)ccc2F)C(C(=O)O)C1. The fraction of sp³-hybridized carbons (Fsp3) is 0.467. The molecule has 1 N–H and O–H groups in total. The Morgan fingerprint density at radius 2 is 2.19 bits per heavy atom. The van der Waals surface area contributed by atoms with E-state index >= 15 is 0 Å². The second-order valence-electron chi connectivity index (χ2n) is 5.28. The summed E-state index contributed by atoms with van der Waals surface area (Å²) in [7, 11) is 0. The Kier molecular flexibility index (Phi) is 4.98. The van der Waals surface area contributed by atoms with Crippen LogP contribution in [0.2, 0.25) is 0 Å². The Balaban J connectivity index is 2.28. The molecule has 1 aromatic carbocycles. The van der Waals surface area contributed by atoms with Gasteiger partial charge in [-0.3, -0.25) is 4.79 Å². The lowest BCUT2D eigenvalue weighted by molar-refractivity contribution is -0.144. The Morgan fingerprint density at radius 1 is 1.48 bits per heavy atom. The van der Waals surface area contributed by atoms with Gasteiger partial charge < -0.3 is 10.0 Å². The van der Waals surface area contributed by atoms with E-state index in [0.717, 1.165) is 12.8 Å². The van der Waals surface area contributed by atoms with Crippen LogP contribution in [0.5, 0.6) is 0 Å². The van der Waals surface area contributed by atoms with Crippen LogP contribution in [0.3, 0.4) is 0 Å². The second-order valence-corrected chi connectivity index (χ2v) is 6.19. The lowest BCUT2D eigenvalue weighted by Gasteiger charge is -2.37. The summed E-state index contributed by atoms with van der Waals surface area (Å²) < 4.78 is 14.4. The van der Waals surface area contributed by atoms with Crippen molar-refractivity contribution in [2.75, 3.05) is 6.54 Å². The van der Waals surface area contributed by atoms with Crippen LogP contribution in [0.1, 0.15) is 36.5 Å². The molecule has 2 atom stereocenters. The summed E-state index contributed by atoms with van der Waals surface area (Å²) in [6.45, 7) is 2.36. The van der Waals surface area contributed by atoms with E-state index in [9.17, 15) is 19.1 Å². The standard InChI is InChI=1S/C15H17BrFNO3/c1-2-9-5-6-18(13(7-9)15(20)21)14(19)11-8-10(16)3-4-12(11)17/h3-4,8-9,13H,2,5-7H2,1H3,(H,20,21). The molecule has 1 aliphatic rings. The third kappa shape index (κ3) is 3.43. The zero-order chi connectivity index (χ0) is 15.6. The number of carboxylic acids is 1. The molecule has 1 aliphatic heterocycles. The Labute approximate surface area is 131 Å². The molecule has 0 aliphatic carbocycles. The van der Waals surface area contributed by atoms with Gasteiger partial charge in [0, 0.05) is 11.0 Å². The van der Waals surface area contributed by atoms with Crippen molar-refractivity contribution < 1.29 is 19.1 Å². The lowest BCUT2D eigenvalue weighted by atomic mass is 9.88. The van der Waals surface area contributed by atoms with Gasteiger partial charge in [0.15, 0.2) is 0 Å². The third-order valence-electron chi connectivity index (χ3n) is 3.99. The number of rotatable bonds is 3. The van der Waals surface area contributed by atoms with Gasteiger partial charge in [-0.25, -0.2) is 9.18 Å². The molecule has 6 heteroatoms. The summed E-state index contributed by atoms with van der Waals surface area (Å²) in [5, 5.41) is 9.34. The molecule has 1 heterocycles. The number of carbonyl (C=O) groups is 2. The van der Waals surface area contributed by atoms with Gasteiger partial charge >= 0.3 is 5.97 Å². The molecule has 1 saturated heterocycles. The summed E-state index contributed by atoms with van der Waals surface area (Å²) in [5.74, 6) is -1.93. The van der Waals surface area contributed by atoms with Crippen molar-refractivity contribution in [3.63, 3.8) is 0 Å². The molecule has 0 spiro atoms. The number of halogens is 2. The average molecular weight is 358 g/mol. The minimum Gasteiger partial charge on any atom is -0.480 e. The van der Waals surface area contributed by atoms with Crippen molar-refractivity contribution >= 4 is 27.8 Å². The van der Waals surface area contributed by atoms with Crippen molar-refractivity contribution in [2.45, 2.75) is 32.2 Å². The maximum absolute atomic E-state index is 13.8. The zero-order valence-electron chi connectivity index (χ0n) is 11.7.